The van der Waals surface area contributed by atoms with Crippen molar-refractivity contribution in [2.45, 2.75) is 11.8 Å². The number of benzene rings is 2. The van der Waals surface area contributed by atoms with Gasteiger partial charge in [-0.2, -0.15) is 5.26 Å². The summed E-state index contributed by atoms with van der Waals surface area (Å²) in [6.07, 6.45) is 3.59. The normalized spacial score (nSPS) is 10.9. The zero-order valence-electron chi connectivity index (χ0n) is 12.5. The second kappa shape index (κ2) is 7.48. The largest absolute Gasteiger partial charge is 0.321 e. The molecule has 0 aliphatic heterocycles. The Kier molecular flexibility index (Phi) is 5.40. The third-order valence-electron chi connectivity index (χ3n) is 3.07. The van der Waals surface area contributed by atoms with Gasteiger partial charge >= 0.3 is 0 Å². The number of nitriles is 1. The van der Waals surface area contributed by atoms with Gasteiger partial charge in [0.25, 0.3) is 5.91 Å². The lowest BCUT2D eigenvalue weighted by Gasteiger charge is -2.05. The van der Waals surface area contributed by atoms with Crippen LogP contribution in [0.1, 0.15) is 11.1 Å². The van der Waals surface area contributed by atoms with Crippen LogP contribution in [0.25, 0.3) is 6.08 Å². The summed E-state index contributed by atoms with van der Waals surface area (Å²) < 4.78 is 0. The van der Waals surface area contributed by atoms with E-state index in [0.717, 1.165) is 16.0 Å². The zero-order valence-corrected chi connectivity index (χ0v) is 13.3. The molecule has 1 amide bonds. The number of nitrogens with one attached hydrogen (secondary N) is 1. The number of hydrogen-bond donors (Lipinski definition) is 1. The maximum Gasteiger partial charge on any atom is 0.266 e. The van der Waals surface area contributed by atoms with E-state index in [0.29, 0.717) is 5.69 Å². The molecule has 2 rings (SSSR count). The van der Waals surface area contributed by atoms with E-state index >= 15 is 0 Å². The highest BCUT2D eigenvalue weighted by Gasteiger charge is 2.09. The van der Waals surface area contributed by atoms with E-state index in [1.165, 1.54) is 0 Å². The zero-order chi connectivity index (χ0) is 15.9. The van der Waals surface area contributed by atoms with Crippen LogP contribution in [0.4, 0.5) is 5.69 Å². The van der Waals surface area contributed by atoms with Gasteiger partial charge in [0.2, 0.25) is 0 Å². The highest BCUT2D eigenvalue weighted by atomic mass is 32.2. The summed E-state index contributed by atoms with van der Waals surface area (Å²) in [6, 6.07) is 17.1. The Balaban J connectivity index is 2.17. The quantitative estimate of drug-likeness (QED) is 0.521. The Morgan fingerprint density at radius 3 is 2.55 bits per heavy atom. The molecular weight excluding hydrogens is 292 g/mol. The van der Waals surface area contributed by atoms with Crippen molar-refractivity contribution < 1.29 is 4.79 Å². The summed E-state index contributed by atoms with van der Waals surface area (Å²) in [4.78, 5) is 13.3. The van der Waals surface area contributed by atoms with Gasteiger partial charge in [0, 0.05) is 10.6 Å². The minimum absolute atomic E-state index is 0.0819. The van der Waals surface area contributed by atoms with E-state index in [4.69, 9.17) is 0 Å². The molecule has 0 aromatic heterocycles. The van der Waals surface area contributed by atoms with Crippen LogP contribution >= 0.6 is 11.8 Å². The van der Waals surface area contributed by atoms with Gasteiger partial charge in [-0.3, -0.25) is 4.79 Å². The van der Waals surface area contributed by atoms with Gasteiger partial charge in [0.15, 0.2) is 0 Å². The topological polar surface area (TPSA) is 52.9 Å². The number of thioether (sulfide) groups is 1. The highest BCUT2D eigenvalue weighted by molar-refractivity contribution is 7.98. The summed E-state index contributed by atoms with van der Waals surface area (Å²) in [7, 11) is 0. The van der Waals surface area contributed by atoms with E-state index in [1.54, 1.807) is 23.9 Å². The summed E-state index contributed by atoms with van der Waals surface area (Å²) in [6.45, 7) is 1.95. The fourth-order valence-electron chi connectivity index (χ4n) is 1.94. The van der Waals surface area contributed by atoms with E-state index in [1.807, 2.05) is 61.7 Å². The Morgan fingerprint density at radius 2 is 1.95 bits per heavy atom. The van der Waals surface area contributed by atoms with Crippen molar-refractivity contribution in [3.05, 3.63) is 65.2 Å². The molecule has 0 atom stereocenters. The number of amides is 1. The molecule has 0 spiro atoms. The van der Waals surface area contributed by atoms with Gasteiger partial charge in [-0.1, -0.05) is 24.3 Å². The van der Waals surface area contributed by atoms with Crippen molar-refractivity contribution in [1.29, 1.82) is 5.26 Å². The number of hydrogen-bond acceptors (Lipinski definition) is 3. The molecular formula is C18H16N2OS. The van der Waals surface area contributed by atoms with Crippen molar-refractivity contribution in [2.75, 3.05) is 11.6 Å². The third kappa shape index (κ3) is 4.24. The molecule has 2 aromatic rings. The van der Waals surface area contributed by atoms with Crippen LogP contribution in [0.15, 0.2) is 59.0 Å². The molecule has 0 radical (unpaired) electrons. The number of aryl methyl sites for hydroxylation is 1. The fourth-order valence-corrected chi connectivity index (χ4v) is 2.34. The van der Waals surface area contributed by atoms with Crippen LogP contribution in [0.3, 0.4) is 0 Å². The Morgan fingerprint density at radius 1 is 1.23 bits per heavy atom. The SMILES string of the molecule is CSc1ccc(/C=C(\C#N)C(=O)Nc2cccc(C)c2)cc1. The van der Waals surface area contributed by atoms with Crippen LogP contribution in [0.5, 0.6) is 0 Å². The van der Waals surface area contributed by atoms with Gasteiger partial charge in [0.05, 0.1) is 0 Å². The number of rotatable bonds is 4. The van der Waals surface area contributed by atoms with Crippen LogP contribution < -0.4 is 5.32 Å². The summed E-state index contributed by atoms with van der Waals surface area (Å²) in [5, 5.41) is 12.0. The lowest BCUT2D eigenvalue weighted by atomic mass is 10.1. The number of carbonyl (C=O) groups excluding carboxylic acids is 1. The first-order valence-corrected chi connectivity index (χ1v) is 7.98. The number of anilines is 1. The maximum atomic E-state index is 12.2. The third-order valence-corrected chi connectivity index (χ3v) is 3.81. The molecule has 0 fully saturated rings. The van der Waals surface area contributed by atoms with Gasteiger partial charge in [0.1, 0.15) is 11.6 Å². The van der Waals surface area contributed by atoms with Crippen LogP contribution in [0.2, 0.25) is 0 Å². The lowest BCUT2D eigenvalue weighted by Crippen LogP contribution is -2.13. The Labute approximate surface area is 134 Å². The molecule has 0 aliphatic rings. The monoisotopic (exact) mass is 308 g/mol. The molecule has 110 valence electrons. The molecule has 0 saturated carbocycles. The molecule has 2 aromatic carbocycles. The molecule has 0 heterocycles. The molecule has 0 unspecified atom stereocenters. The van der Waals surface area contributed by atoms with Gasteiger partial charge in [-0.05, 0) is 54.6 Å². The second-order valence-electron chi connectivity index (χ2n) is 4.77. The van der Waals surface area contributed by atoms with Crippen LogP contribution in [-0.4, -0.2) is 12.2 Å². The van der Waals surface area contributed by atoms with Crippen molar-refractivity contribution >= 4 is 29.4 Å². The average Bonchev–Trinajstić information content (AvgIpc) is 2.53. The predicted molar refractivity (Wildman–Crippen MR) is 91.6 cm³/mol. The van der Waals surface area contributed by atoms with Gasteiger partial charge in [-0.15, -0.1) is 11.8 Å². The molecule has 3 nitrogen and oxygen atoms in total. The second-order valence-corrected chi connectivity index (χ2v) is 5.65. The minimum Gasteiger partial charge on any atom is -0.321 e. The maximum absolute atomic E-state index is 12.2. The van der Waals surface area contributed by atoms with Crippen molar-refractivity contribution in [1.82, 2.24) is 0 Å². The van der Waals surface area contributed by atoms with Crippen molar-refractivity contribution in [3.8, 4) is 6.07 Å². The van der Waals surface area contributed by atoms with Crippen molar-refractivity contribution in [2.24, 2.45) is 0 Å². The molecule has 4 heteroatoms. The Hall–Kier alpha value is -2.51. The van der Waals surface area contributed by atoms with Crippen LogP contribution in [-0.2, 0) is 4.79 Å². The molecule has 0 aliphatic carbocycles. The fraction of sp³-hybridized carbons (Fsp3) is 0.111. The summed E-state index contributed by atoms with van der Waals surface area (Å²) >= 11 is 1.65. The first kappa shape index (κ1) is 15.9. The smallest absolute Gasteiger partial charge is 0.266 e. The van der Waals surface area contributed by atoms with E-state index in [9.17, 15) is 10.1 Å². The number of carbonyl (C=O) groups is 1. The van der Waals surface area contributed by atoms with Gasteiger partial charge < -0.3 is 5.32 Å². The molecule has 0 bridgehead atoms. The minimum atomic E-state index is -0.401. The van der Waals surface area contributed by atoms with Crippen molar-refractivity contribution in [3.63, 3.8) is 0 Å². The molecule has 1 N–H and O–H groups in total. The highest BCUT2D eigenvalue weighted by Crippen LogP contribution is 2.17. The predicted octanol–water partition coefficient (Wildman–Crippen LogP) is 4.26. The van der Waals surface area contributed by atoms with E-state index < -0.39 is 5.91 Å². The first-order chi connectivity index (χ1) is 10.6. The Bertz CT molecular complexity index is 742. The molecule has 22 heavy (non-hydrogen) atoms. The average molecular weight is 308 g/mol. The molecule has 0 saturated heterocycles. The van der Waals surface area contributed by atoms with E-state index in [-0.39, 0.29) is 5.57 Å². The number of nitrogens with zero attached hydrogens (tertiary/aromatic N) is 1. The summed E-state index contributed by atoms with van der Waals surface area (Å²) in [5.74, 6) is -0.401. The lowest BCUT2D eigenvalue weighted by molar-refractivity contribution is -0.112. The standard InChI is InChI=1S/C18H16N2OS/c1-13-4-3-5-16(10-13)20-18(21)15(12-19)11-14-6-8-17(22-2)9-7-14/h3-11H,1-2H3,(H,20,21)/b15-11+. The summed E-state index contributed by atoms with van der Waals surface area (Å²) in [5.41, 5.74) is 2.64. The van der Waals surface area contributed by atoms with E-state index in [2.05, 4.69) is 5.32 Å². The van der Waals surface area contributed by atoms with Crippen LogP contribution in [0, 0.1) is 18.3 Å². The van der Waals surface area contributed by atoms with Gasteiger partial charge in [-0.25, -0.2) is 0 Å². The first-order valence-electron chi connectivity index (χ1n) is 6.76.